The molecule has 96 valence electrons. The van der Waals surface area contributed by atoms with Crippen molar-refractivity contribution in [2.75, 3.05) is 11.9 Å². The fourth-order valence-corrected chi connectivity index (χ4v) is 2.42. The van der Waals surface area contributed by atoms with Crippen LogP contribution in [-0.2, 0) is 13.5 Å². The molecule has 18 heavy (non-hydrogen) atoms. The SMILES string of the molecule is Cc1sc(NCCc2nccn2C)nc1C(=O)O. The lowest BCUT2D eigenvalue weighted by Crippen LogP contribution is -2.08. The predicted molar refractivity (Wildman–Crippen MR) is 69.2 cm³/mol. The molecular weight excluding hydrogens is 252 g/mol. The highest BCUT2D eigenvalue weighted by Gasteiger charge is 2.13. The molecule has 2 heterocycles. The molecule has 0 spiro atoms. The van der Waals surface area contributed by atoms with Gasteiger partial charge < -0.3 is 15.0 Å². The summed E-state index contributed by atoms with van der Waals surface area (Å²) in [5.74, 6) is -0.00450. The molecule has 0 amide bonds. The Kier molecular flexibility index (Phi) is 3.61. The molecule has 0 aliphatic rings. The Hall–Kier alpha value is -1.89. The van der Waals surface area contributed by atoms with Gasteiger partial charge in [-0.25, -0.2) is 14.8 Å². The molecule has 0 bridgehead atoms. The van der Waals surface area contributed by atoms with Crippen molar-refractivity contribution in [2.45, 2.75) is 13.3 Å². The summed E-state index contributed by atoms with van der Waals surface area (Å²) in [5.41, 5.74) is 0.125. The maximum atomic E-state index is 10.8. The molecule has 7 heteroatoms. The molecular formula is C11H14N4O2S. The van der Waals surface area contributed by atoms with Gasteiger partial charge in [0, 0.05) is 37.3 Å². The average Bonchev–Trinajstić information content (AvgIpc) is 2.86. The first-order chi connectivity index (χ1) is 8.58. The van der Waals surface area contributed by atoms with Crippen LogP contribution in [-0.4, -0.2) is 32.2 Å². The van der Waals surface area contributed by atoms with Gasteiger partial charge in [0.15, 0.2) is 10.8 Å². The van der Waals surface area contributed by atoms with Crippen molar-refractivity contribution < 1.29 is 9.90 Å². The van der Waals surface area contributed by atoms with Crippen LogP contribution in [0.25, 0.3) is 0 Å². The molecule has 0 saturated carbocycles. The Morgan fingerprint density at radius 1 is 1.61 bits per heavy atom. The molecule has 2 rings (SSSR count). The smallest absolute Gasteiger partial charge is 0.355 e. The van der Waals surface area contributed by atoms with Gasteiger partial charge >= 0.3 is 5.97 Å². The highest BCUT2D eigenvalue weighted by atomic mass is 32.1. The van der Waals surface area contributed by atoms with Crippen LogP contribution in [0.5, 0.6) is 0 Å². The lowest BCUT2D eigenvalue weighted by Gasteiger charge is -2.02. The number of aromatic nitrogens is 3. The number of carbonyl (C=O) groups is 1. The number of carboxylic acid groups (broad SMARTS) is 1. The Labute approximate surface area is 108 Å². The molecule has 2 aromatic heterocycles. The van der Waals surface area contributed by atoms with Gasteiger partial charge in [-0.2, -0.15) is 0 Å². The van der Waals surface area contributed by atoms with E-state index in [1.807, 2.05) is 17.8 Å². The molecule has 6 nitrogen and oxygen atoms in total. The molecule has 0 radical (unpaired) electrons. The third-order valence-electron chi connectivity index (χ3n) is 2.54. The normalized spacial score (nSPS) is 10.6. The van der Waals surface area contributed by atoms with E-state index in [0.717, 1.165) is 12.2 Å². The number of nitrogens with one attached hydrogen (secondary N) is 1. The predicted octanol–water partition coefficient (Wildman–Crippen LogP) is 1.54. The van der Waals surface area contributed by atoms with Crippen LogP contribution >= 0.6 is 11.3 Å². The summed E-state index contributed by atoms with van der Waals surface area (Å²) >= 11 is 1.35. The number of thiazole rings is 1. The first kappa shape index (κ1) is 12.6. The van der Waals surface area contributed by atoms with Gasteiger partial charge in [0.25, 0.3) is 0 Å². The Morgan fingerprint density at radius 2 is 2.39 bits per heavy atom. The van der Waals surface area contributed by atoms with E-state index in [1.54, 1.807) is 13.1 Å². The molecule has 2 aromatic rings. The first-order valence-electron chi connectivity index (χ1n) is 5.48. The molecule has 0 aromatic carbocycles. The second kappa shape index (κ2) is 5.18. The summed E-state index contributed by atoms with van der Waals surface area (Å²) in [4.78, 5) is 19.8. The number of rotatable bonds is 5. The number of hydrogen-bond acceptors (Lipinski definition) is 5. The van der Waals surface area contributed by atoms with Crippen LogP contribution in [0.1, 0.15) is 21.2 Å². The summed E-state index contributed by atoms with van der Waals surface area (Å²) in [6, 6.07) is 0. The van der Waals surface area contributed by atoms with Crippen LogP contribution in [0.3, 0.4) is 0 Å². The van der Waals surface area contributed by atoms with E-state index < -0.39 is 5.97 Å². The minimum atomic E-state index is -0.985. The molecule has 0 saturated heterocycles. The lowest BCUT2D eigenvalue weighted by atomic mass is 10.4. The van der Waals surface area contributed by atoms with Crippen LogP contribution in [0.2, 0.25) is 0 Å². The maximum absolute atomic E-state index is 10.8. The van der Waals surface area contributed by atoms with Crippen molar-refractivity contribution in [2.24, 2.45) is 7.05 Å². The Morgan fingerprint density at radius 3 is 2.94 bits per heavy atom. The third kappa shape index (κ3) is 2.67. The molecule has 0 aliphatic heterocycles. The van der Waals surface area contributed by atoms with Gasteiger partial charge in [0.05, 0.1) is 0 Å². The van der Waals surface area contributed by atoms with Gasteiger partial charge in [-0.05, 0) is 6.92 Å². The first-order valence-corrected chi connectivity index (χ1v) is 6.30. The van der Waals surface area contributed by atoms with E-state index in [-0.39, 0.29) is 5.69 Å². The minimum absolute atomic E-state index is 0.125. The monoisotopic (exact) mass is 266 g/mol. The fraction of sp³-hybridized carbons (Fsp3) is 0.364. The van der Waals surface area contributed by atoms with Gasteiger partial charge in [-0.15, -0.1) is 11.3 Å². The van der Waals surface area contributed by atoms with E-state index in [2.05, 4.69) is 15.3 Å². The fourth-order valence-electron chi connectivity index (χ4n) is 1.59. The minimum Gasteiger partial charge on any atom is -0.476 e. The number of aryl methyl sites for hydroxylation is 2. The topological polar surface area (TPSA) is 80.0 Å². The van der Waals surface area contributed by atoms with Crippen molar-refractivity contribution in [3.05, 3.63) is 28.8 Å². The van der Waals surface area contributed by atoms with Crippen molar-refractivity contribution in [3.8, 4) is 0 Å². The van der Waals surface area contributed by atoms with Crippen LogP contribution in [0, 0.1) is 6.92 Å². The second-order valence-corrected chi connectivity index (χ2v) is 5.06. The Balaban J connectivity index is 1.93. The highest BCUT2D eigenvalue weighted by Crippen LogP contribution is 2.21. The highest BCUT2D eigenvalue weighted by molar-refractivity contribution is 7.15. The second-order valence-electron chi connectivity index (χ2n) is 3.86. The van der Waals surface area contributed by atoms with E-state index >= 15 is 0 Å². The summed E-state index contributed by atoms with van der Waals surface area (Å²) in [7, 11) is 1.94. The standard InChI is InChI=1S/C11H14N4O2S/c1-7-9(10(16)17)14-11(18-7)13-4-3-8-12-5-6-15(8)2/h5-6H,3-4H2,1-2H3,(H,13,14)(H,16,17). The third-order valence-corrected chi connectivity index (χ3v) is 3.47. The zero-order valence-electron chi connectivity index (χ0n) is 10.2. The van der Waals surface area contributed by atoms with Gasteiger partial charge in [0.2, 0.25) is 0 Å². The lowest BCUT2D eigenvalue weighted by molar-refractivity contribution is 0.0690. The molecule has 0 fully saturated rings. The Bertz CT molecular complexity index is 561. The van der Waals surface area contributed by atoms with Gasteiger partial charge in [0.1, 0.15) is 5.82 Å². The zero-order valence-corrected chi connectivity index (χ0v) is 11.0. The average molecular weight is 266 g/mol. The van der Waals surface area contributed by atoms with E-state index in [4.69, 9.17) is 5.11 Å². The number of imidazole rings is 1. The zero-order chi connectivity index (χ0) is 13.1. The number of carboxylic acids is 1. The van der Waals surface area contributed by atoms with E-state index in [1.165, 1.54) is 11.3 Å². The van der Waals surface area contributed by atoms with Crippen LogP contribution in [0.4, 0.5) is 5.13 Å². The van der Waals surface area contributed by atoms with Crippen molar-refractivity contribution in [1.29, 1.82) is 0 Å². The molecule has 0 unspecified atom stereocenters. The summed E-state index contributed by atoms with van der Waals surface area (Å²) < 4.78 is 1.96. The maximum Gasteiger partial charge on any atom is 0.355 e. The van der Waals surface area contributed by atoms with Crippen molar-refractivity contribution in [1.82, 2.24) is 14.5 Å². The van der Waals surface area contributed by atoms with Gasteiger partial charge in [-0.1, -0.05) is 0 Å². The molecule has 2 N–H and O–H groups in total. The number of anilines is 1. The number of aromatic carboxylic acids is 1. The summed E-state index contributed by atoms with van der Waals surface area (Å²) in [6.45, 7) is 2.43. The van der Waals surface area contributed by atoms with E-state index in [9.17, 15) is 4.79 Å². The molecule has 0 aliphatic carbocycles. The number of hydrogen-bond donors (Lipinski definition) is 2. The van der Waals surface area contributed by atoms with Crippen LogP contribution in [0.15, 0.2) is 12.4 Å². The van der Waals surface area contributed by atoms with E-state index in [0.29, 0.717) is 16.6 Å². The number of nitrogens with zero attached hydrogens (tertiary/aromatic N) is 3. The largest absolute Gasteiger partial charge is 0.476 e. The van der Waals surface area contributed by atoms with Crippen LogP contribution < -0.4 is 5.32 Å². The summed E-state index contributed by atoms with van der Waals surface area (Å²) in [5, 5.41) is 12.6. The van der Waals surface area contributed by atoms with Crippen molar-refractivity contribution >= 4 is 22.4 Å². The van der Waals surface area contributed by atoms with Crippen molar-refractivity contribution in [3.63, 3.8) is 0 Å². The van der Waals surface area contributed by atoms with Gasteiger partial charge in [-0.3, -0.25) is 0 Å². The quantitative estimate of drug-likeness (QED) is 0.858. The molecule has 0 atom stereocenters. The summed E-state index contributed by atoms with van der Waals surface area (Å²) in [6.07, 6.45) is 4.42.